The maximum absolute atomic E-state index is 12.3. The zero-order chi connectivity index (χ0) is 18.6. The molecule has 0 radical (unpaired) electrons. The maximum atomic E-state index is 12.3. The first kappa shape index (κ1) is 18.0. The van der Waals surface area contributed by atoms with Crippen molar-refractivity contribution in [2.75, 3.05) is 32.1 Å². The smallest absolute Gasteiger partial charge is 0.223 e. The van der Waals surface area contributed by atoms with Crippen LogP contribution in [0.5, 0.6) is 17.2 Å². The number of carbonyl (C=O) groups is 1. The van der Waals surface area contributed by atoms with Gasteiger partial charge in [0.2, 0.25) is 5.91 Å². The van der Waals surface area contributed by atoms with E-state index in [1.54, 1.807) is 11.8 Å². The topological polar surface area (TPSA) is 48.0 Å². The van der Waals surface area contributed by atoms with Gasteiger partial charge in [-0.1, -0.05) is 12.1 Å². The molecule has 0 aromatic heterocycles. The maximum Gasteiger partial charge on any atom is 0.223 e. The Kier molecular flexibility index (Phi) is 5.43. The van der Waals surface area contributed by atoms with Crippen LogP contribution in [0.2, 0.25) is 0 Å². The summed E-state index contributed by atoms with van der Waals surface area (Å²) in [5.74, 6) is 3.39. The fourth-order valence-electron chi connectivity index (χ4n) is 3.13. The molecule has 0 spiro atoms. The highest BCUT2D eigenvalue weighted by molar-refractivity contribution is 7.99. The van der Waals surface area contributed by atoms with E-state index in [1.807, 2.05) is 54.3 Å². The second-order valence-electron chi connectivity index (χ2n) is 6.76. The second kappa shape index (κ2) is 8.13. The number of carbonyl (C=O) groups excluding carboxylic acids is 1. The fourth-order valence-corrected chi connectivity index (χ4v) is 3.99. The number of hydrogen-bond acceptors (Lipinski definition) is 5. The van der Waals surface area contributed by atoms with E-state index in [2.05, 4.69) is 0 Å². The Morgan fingerprint density at radius 1 is 1.15 bits per heavy atom. The lowest BCUT2D eigenvalue weighted by molar-refractivity contribution is -0.139. The SMILES string of the molecule is Cc1cccc(OC2CN(C(=O)CCSc3ccc4c(c3)OCCO4)C2)c1. The first-order valence-corrected chi connectivity index (χ1v) is 10.2. The second-order valence-corrected chi connectivity index (χ2v) is 7.93. The van der Waals surface area contributed by atoms with Crippen molar-refractivity contribution in [2.45, 2.75) is 24.3 Å². The first-order valence-electron chi connectivity index (χ1n) is 9.21. The molecule has 2 aliphatic rings. The lowest BCUT2D eigenvalue weighted by Crippen LogP contribution is -2.56. The van der Waals surface area contributed by atoms with E-state index < -0.39 is 0 Å². The Morgan fingerprint density at radius 2 is 1.96 bits per heavy atom. The number of likely N-dealkylation sites (tertiary alicyclic amines) is 1. The Hall–Kier alpha value is -2.34. The van der Waals surface area contributed by atoms with Crippen LogP contribution in [0, 0.1) is 6.92 Å². The number of hydrogen-bond donors (Lipinski definition) is 0. The minimum Gasteiger partial charge on any atom is -0.487 e. The molecule has 0 unspecified atom stereocenters. The molecule has 1 fully saturated rings. The number of amides is 1. The highest BCUT2D eigenvalue weighted by Crippen LogP contribution is 2.34. The van der Waals surface area contributed by atoms with E-state index >= 15 is 0 Å². The number of ether oxygens (including phenoxy) is 3. The van der Waals surface area contributed by atoms with Crippen LogP contribution < -0.4 is 14.2 Å². The minimum atomic E-state index is 0.0983. The van der Waals surface area contributed by atoms with Gasteiger partial charge in [-0.05, 0) is 42.8 Å². The summed E-state index contributed by atoms with van der Waals surface area (Å²) < 4.78 is 17.0. The van der Waals surface area contributed by atoms with Crippen LogP contribution in [-0.4, -0.2) is 49.0 Å². The standard InChI is InChI=1S/C21H23NO4S/c1-15-3-2-4-16(11-15)26-17-13-22(14-17)21(23)7-10-27-18-5-6-19-20(12-18)25-9-8-24-19/h2-6,11-12,17H,7-10,13-14H2,1H3. The van der Waals surface area contributed by atoms with Crippen LogP contribution in [0.4, 0.5) is 0 Å². The summed E-state index contributed by atoms with van der Waals surface area (Å²) in [4.78, 5) is 15.3. The Bertz CT molecular complexity index is 820. The zero-order valence-electron chi connectivity index (χ0n) is 15.3. The first-order chi connectivity index (χ1) is 13.2. The highest BCUT2D eigenvalue weighted by Gasteiger charge is 2.31. The average Bonchev–Trinajstić information content (AvgIpc) is 2.64. The van der Waals surface area contributed by atoms with E-state index in [4.69, 9.17) is 14.2 Å². The predicted octanol–water partition coefficient (Wildman–Crippen LogP) is 3.54. The highest BCUT2D eigenvalue weighted by atomic mass is 32.2. The van der Waals surface area contributed by atoms with Crippen molar-refractivity contribution >= 4 is 17.7 Å². The van der Waals surface area contributed by atoms with Crippen LogP contribution in [0.3, 0.4) is 0 Å². The van der Waals surface area contributed by atoms with Gasteiger partial charge in [0.15, 0.2) is 11.5 Å². The van der Waals surface area contributed by atoms with Crippen molar-refractivity contribution in [3.63, 3.8) is 0 Å². The van der Waals surface area contributed by atoms with E-state index in [0.717, 1.165) is 27.9 Å². The molecule has 0 atom stereocenters. The number of fused-ring (bicyclic) bond motifs is 1. The van der Waals surface area contributed by atoms with E-state index in [-0.39, 0.29) is 12.0 Å². The van der Waals surface area contributed by atoms with Crippen LogP contribution in [0.1, 0.15) is 12.0 Å². The number of rotatable bonds is 6. The van der Waals surface area contributed by atoms with Crippen LogP contribution >= 0.6 is 11.8 Å². The summed E-state index contributed by atoms with van der Waals surface area (Å²) in [5, 5.41) is 0. The van der Waals surface area contributed by atoms with Crippen LogP contribution in [0.15, 0.2) is 47.4 Å². The van der Waals surface area contributed by atoms with Gasteiger partial charge in [-0.3, -0.25) is 4.79 Å². The van der Waals surface area contributed by atoms with Crippen LogP contribution in [-0.2, 0) is 4.79 Å². The molecule has 5 nitrogen and oxygen atoms in total. The summed E-state index contributed by atoms with van der Waals surface area (Å²) in [6.45, 7) is 4.56. The Morgan fingerprint density at radius 3 is 2.78 bits per heavy atom. The van der Waals surface area contributed by atoms with Gasteiger partial charge >= 0.3 is 0 Å². The van der Waals surface area contributed by atoms with Crippen molar-refractivity contribution in [1.29, 1.82) is 0 Å². The van der Waals surface area contributed by atoms with Crippen molar-refractivity contribution in [2.24, 2.45) is 0 Å². The molecular weight excluding hydrogens is 362 g/mol. The third-order valence-electron chi connectivity index (χ3n) is 4.59. The minimum absolute atomic E-state index is 0.0983. The normalized spacial score (nSPS) is 16.0. The number of aryl methyl sites for hydroxylation is 1. The van der Waals surface area contributed by atoms with Gasteiger partial charge in [0.1, 0.15) is 25.1 Å². The quantitative estimate of drug-likeness (QED) is 0.712. The number of nitrogens with zero attached hydrogens (tertiary/aromatic N) is 1. The molecule has 0 bridgehead atoms. The van der Waals surface area contributed by atoms with Crippen LogP contribution in [0.25, 0.3) is 0 Å². The van der Waals surface area contributed by atoms with Gasteiger partial charge in [0, 0.05) is 17.1 Å². The summed E-state index contributed by atoms with van der Waals surface area (Å²) in [6.07, 6.45) is 0.622. The van der Waals surface area contributed by atoms with Gasteiger partial charge in [-0.2, -0.15) is 0 Å². The Balaban J connectivity index is 1.18. The number of thioether (sulfide) groups is 1. The van der Waals surface area contributed by atoms with Gasteiger partial charge < -0.3 is 19.1 Å². The molecule has 6 heteroatoms. The zero-order valence-corrected chi connectivity index (χ0v) is 16.2. The summed E-state index contributed by atoms with van der Waals surface area (Å²) in [6, 6.07) is 13.9. The molecule has 1 amide bonds. The molecule has 2 aromatic carbocycles. The lowest BCUT2D eigenvalue weighted by atomic mass is 10.1. The van der Waals surface area contributed by atoms with E-state index in [9.17, 15) is 4.79 Å². The summed E-state index contributed by atoms with van der Waals surface area (Å²) >= 11 is 1.66. The molecule has 27 heavy (non-hydrogen) atoms. The monoisotopic (exact) mass is 385 g/mol. The van der Waals surface area contributed by atoms with Crippen molar-refractivity contribution < 1.29 is 19.0 Å². The van der Waals surface area contributed by atoms with Crippen molar-refractivity contribution in [3.8, 4) is 17.2 Å². The molecule has 1 saturated heterocycles. The van der Waals surface area contributed by atoms with Crippen molar-refractivity contribution in [1.82, 2.24) is 4.90 Å². The van der Waals surface area contributed by atoms with Gasteiger partial charge in [0.25, 0.3) is 0 Å². The number of benzene rings is 2. The Labute approximate surface area is 163 Å². The van der Waals surface area contributed by atoms with E-state index in [1.165, 1.54) is 5.56 Å². The van der Waals surface area contributed by atoms with E-state index in [0.29, 0.717) is 32.7 Å². The molecule has 0 aliphatic carbocycles. The third-order valence-corrected chi connectivity index (χ3v) is 5.59. The molecule has 4 rings (SSSR count). The lowest BCUT2D eigenvalue weighted by Gasteiger charge is -2.39. The van der Waals surface area contributed by atoms with Crippen molar-refractivity contribution in [3.05, 3.63) is 48.0 Å². The molecule has 2 aromatic rings. The summed E-state index contributed by atoms with van der Waals surface area (Å²) in [5.41, 5.74) is 1.18. The molecule has 2 heterocycles. The van der Waals surface area contributed by atoms with Gasteiger partial charge in [-0.25, -0.2) is 0 Å². The largest absolute Gasteiger partial charge is 0.487 e. The fraction of sp³-hybridized carbons (Fsp3) is 0.381. The van der Waals surface area contributed by atoms with Gasteiger partial charge in [-0.15, -0.1) is 11.8 Å². The molecule has 0 saturated carbocycles. The molecule has 0 N–H and O–H groups in total. The molecule has 2 aliphatic heterocycles. The third kappa shape index (κ3) is 4.50. The average molecular weight is 385 g/mol. The molecule has 142 valence electrons. The predicted molar refractivity (Wildman–Crippen MR) is 105 cm³/mol. The van der Waals surface area contributed by atoms with Gasteiger partial charge in [0.05, 0.1) is 13.1 Å². The molecular formula is C21H23NO4S. The summed E-state index contributed by atoms with van der Waals surface area (Å²) in [7, 11) is 0.